The molecule has 226 valence electrons. The number of hydrogen-bond donors (Lipinski definition) is 2. The van der Waals surface area contributed by atoms with Crippen molar-refractivity contribution in [2.24, 2.45) is 0 Å². The lowest BCUT2D eigenvalue weighted by Crippen LogP contribution is -2.36. The zero-order chi connectivity index (χ0) is 30.7. The van der Waals surface area contributed by atoms with E-state index >= 15 is 0 Å². The van der Waals surface area contributed by atoms with Crippen LogP contribution in [0.4, 0.5) is 27.6 Å². The highest BCUT2D eigenvalue weighted by Crippen LogP contribution is 2.32. The average molecular weight is 620 g/mol. The van der Waals surface area contributed by atoms with Crippen molar-refractivity contribution in [1.82, 2.24) is 19.5 Å². The average Bonchev–Trinajstić information content (AvgIpc) is 3.04. The largest absolute Gasteiger partial charge is 0.374 e. The van der Waals surface area contributed by atoms with Crippen molar-refractivity contribution in [2.75, 3.05) is 11.4 Å². The zero-order valence-corrected chi connectivity index (χ0v) is 23.4. The lowest BCUT2D eigenvalue weighted by Gasteiger charge is -2.24. The number of nitrogens with zero attached hydrogens (tertiary/aromatic N) is 4. The van der Waals surface area contributed by atoms with Crippen LogP contribution in [0.2, 0.25) is 0 Å². The Labute approximate surface area is 246 Å². The van der Waals surface area contributed by atoms with Crippen LogP contribution in [0.3, 0.4) is 0 Å². The first-order chi connectivity index (χ1) is 20.7. The second-order valence-corrected chi connectivity index (χ2v) is 11.0. The molecule has 0 saturated heterocycles. The number of benzene rings is 2. The van der Waals surface area contributed by atoms with Crippen LogP contribution in [-0.4, -0.2) is 32.3 Å². The molecule has 0 aliphatic heterocycles. The van der Waals surface area contributed by atoms with E-state index in [0.717, 1.165) is 36.1 Å². The van der Waals surface area contributed by atoms with Gasteiger partial charge < -0.3 is 10.0 Å². The summed E-state index contributed by atoms with van der Waals surface area (Å²) in [5, 5.41) is 13.9. The predicted molar refractivity (Wildman–Crippen MR) is 150 cm³/mol. The van der Waals surface area contributed by atoms with Gasteiger partial charge in [-0.25, -0.2) is 26.6 Å². The number of aromatic nitrogens is 3. The van der Waals surface area contributed by atoms with E-state index in [4.69, 9.17) is 0 Å². The summed E-state index contributed by atoms with van der Waals surface area (Å²) in [5.74, 6) is -10.7. The molecule has 8 nitrogen and oxygen atoms in total. The highest BCUT2D eigenvalue weighted by molar-refractivity contribution is 7.97. The molecule has 0 atom stereocenters. The molecule has 0 spiro atoms. The van der Waals surface area contributed by atoms with Crippen molar-refractivity contribution in [3.63, 3.8) is 0 Å². The number of anilines is 1. The van der Waals surface area contributed by atoms with E-state index in [0.29, 0.717) is 22.6 Å². The number of aliphatic hydroxyl groups is 1. The predicted octanol–water partition coefficient (Wildman–Crippen LogP) is 5.31. The fraction of sp³-hybridized carbons (Fsp3) is 0.310. The van der Waals surface area contributed by atoms with Gasteiger partial charge in [-0.2, -0.15) is 5.10 Å². The smallest absolute Gasteiger partial charge is 0.276 e. The SMILES string of the molecule is O=C(CNSc1c(F)c(F)c(F)c(F)c1F)N(Cc1ccc(C2CCCCC2)nc1)c1ccc2c(=O)n(CO)ncc2c1. The van der Waals surface area contributed by atoms with Gasteiger partial charge in [0.15, 0.2) is 23.3 Å². The Morgan fingerprint density at radius 2 is 1.67 bits per heavy atom. The third-order valence-corrected chi connectivity index (χ3v) is 8.21. The summed E-state index contributed by atoms with van der Waals surface area (Å²) in [6, 6.07) is 8.32. The first kappa shape index (κ1) is 30.6. The molecule has 1 aliphatic rings. The number of carbonyl (C=O) groups is 1. The first-order valence-corrected chi connectivity index (χ1v) is 14.3. The molecule has 4 aromatic rings. The highest BCUT2D eigenvalue weighted by Gasteiger charge is 2.27. The van der Waals surface area contributed by atoms with Gasteiger partial charge >= 0.3 is 0 Å². The van der Waals surface area contributed by atoms with Crippen LogP contribution >= 0.6 is 11.9 Å². The zero-order valence-electron chi connectivity index (χ0n) is 22.6. The van der Waals surface area contributed by atoms with Gasteiger partial charge in [-0.15, -0.1) is 0 Å². The van der Waals surface area contributed by atoms with Gasteiger partial charge in [0.05, 0.1) is 24.7 Å². The fourth-order valence-corrected chi connectivity index (χ4v) is 5.76. The third-order valence-electron chi connectivity index (χ3n) is 7.36. The number of pyridine rings is 1. The fourth-order valence-electron chi connectivity index (χ4n) is 5.06. The number of carbonyl (C=O) groups excluding carboxylic acids is 1. The van der Waals surface area contributed by atoms with Crippen molar-refractivity contribution >= 4 is 34.3 Å². The summed E-state index contributed by atoms with van der Waals surface area (Å²) in [5.41, 5.74) is 1.46. The molecule has 5 rings (SSSR count). The Morgan fingerprint density at radius 1 is 0.977 bits per heavy atom. The number of rotatable bonds is 9. The lowest BCUT2D eigenvalue weighted by atomic mass is 9.86. The van der Waals surface area contributed by atoms with Crippen LogP contribution < -0.4 is 15.2 Å². The Hall–Kier alpha value is -3.88. The standard InChI is InChI=1S/C29H26F5N5O3S/c30-23-24(31)26(33)28(27(34)25(23)32)43-37-13-22(41)38(14-16-6-9-21(35-11-16)17-4-2-1-3-5-17)19-7-8-20-18(10-19)12-36-39(15-40)29(20)42/h6-12,17,37,40H,1-5,13-15H2. The number of fused-ring (bicyclic) bond motifs is 1. The summed E-state index contributed by atoms with van der Waals surface area (Å²) in [6.45, 7) is -1.14. The van der Waals surface area contributed by atoms with Crippen LogP contribution in [-0.2, 0) is 18.1 Å². The molecule has 1 saturated carbocycles. The normalized spacial score (nSPS) is 13.9. The maximum atomic E-state index is 14.1. The van der Waals surface area contributed by atoms with E-state index in [-0.39, 0.29) is 23.9 Å². The van der Waals surface area contributed by atoms with Gasteiger partial charge in [-0.3, -0.25) is 19.3 Å². The molecule has 2 N–H and O–H groups in total. The summed E-state index contributed by atoms with van der Waals surface area (Å²) >= 11 is 0.100. The molecule has 0 radical (unpaired) electrons. The van der Waals surface area contributed by atoms with Gasteiger partial charge in [0.25, 0.3) is 5.56 Å². The topological polar surface area (TPSA) is 100 Å². The molecule has 1 amide bonds. The summed E-state index contributed by atoms with van der Waals surface area (Å²) < 4.78 is 72.1. The minimum atomic E-state index is -2.28. The molecular formula is C29H26F5N5O3S. The summed E-state index contributed by atoms with van der Waals surface area (Å²) in [6.07, 6.45) is 8.65. The number of nitrogens with one attached hydrogen (secondary N) is 1. The van der Waals surface area contributed by atoms with E-state index in [1.165, 1.54) is 29.7 Å². The maximum Gasteiger partial charge on any atom is 0.276 e. The van der Waals surface area contributed by atoms with E-state index in [9.17, 15) is 36.6 Å². The molecule has 2 aromatic heterocycles. The Balaban J connectivity index is 1.40. The molecule has 14 heteroatoms. The van der Waals surface area contributed by atoms with Crippen LogP contribution in [0.1, 0.15) is 49.3 Å². The highest BCUT2D eigenvalue weighted by atomic mass is 32.2. The van der Waals surface area contributed by atoms with Crippen molar-refractivity contribution in [3.05, 3.63) is 93.4 Å². The Bertz CT molecular complexity index is 1690. The summed E-state index contributed by atoms with van der Waals surface area (Å²) in [7, 11) is 0. The second-order valence-electron chi connectivity index (χ2n) is 10.1. The van der Waals surface area contributed by atoms with Gasteiger partial charge in [-0.05, 0) is 54.6 Å². The van der Waals surface area contributed by atoms with Crippen molar-refractivity contribution in [2.45, 2.75) is 56.2 Å². The van der Waals surface area contributed by atoms with Crippen LogP contribution in [0.5, 0.6) is 0 Å². The lowest BCUT2D eigenvalue weighted by molar-refractivity contribution is -0.117. The molecular weight excluding hydrogens is 593 g/mol. The van der Waals surface area contributed by atoms with Crippen LogP contribution in [0, 0.1) is 29.1 Å². The minimum absolute atomic E-state index is 0.0261. The van der Waals surface area contributed by atoms with Gasteiger partial charge in [0, 0.05) is 28.9 Å². The third kappa shape index (κ3) is 6.40. The quantitative estimate of drug-likeness (QED) is 0.113. The number of hydrogen-bond acceptors (Lipinski definition) is 7. The van der Waals surface area contributed by atoms with Crippen molar-refractivity contribution in [3.8, 4) is 0 Å². The number of halogens is 5. The minimum Gasteiger partial charge on any atom is -0.374 e. The molecule has 0 bridgehead atoms. The number of aliphatic hydroxyl groups excluding tert-OH is 1. The number of amides is 1. The monoisotopic (exact) mass is 619 g/mol. The Kier molecular flexibility index (Phi) is 9.37. The van der Waals surface area contributed by atoms with E-state index in [1.807, 2.05) is 12.1 Å². The van der Waals surface area contributed by atoms with Gasteiger partial charge in [0.1, 0.15) is 11.6 Å². The van der Waals surface area contributed by atoms with Crippen molar-refractivity contribution < 1.29 is 31.9 Å². The first-order valence-electron chi connectivity index (χ1n) is 13.5. The maximum absolute atomic E-state index is 14.1. The Morgan fingerprint density at radius 3 is 2.33 bits per heavy atom. The molecule has 2 aromatic carbocycles. The molecule has 0 unspecified atom stereocenters. The van der Waals surface area contributed by atoms with Crippen LogP contribution in [0.15, 0.2) is 52.4 Å². The van der Waals surface area contributed by atoms with Crippen molar-refractivity contribution in [1.29, 1.82) is 0 Å². The van der Waals surface area contributed by atoms with Crippen LogP contribution in [0.25, 0.3) is 10.8 Å². The van der Waals surface area contributed by atoms with E-state index in [2.05, 4.69) is 14.8 Å². The molecule has 1 fully saturated rings. The molecule has 1 aliphatic carbocycles. The van der Waals surface area contributed by atoms with Gasteiger partial charge in [0.2, 0.25) is 11.7 Å². The summed E-state index contributed by atoms with van der Waals surface area (Å²) in [4.78, 5) is 30.7. The van der Waals surface area contributed by atoms with E-state index < -0.39 is 58.7 Å². The van der Waals surface area contributed by atoms with E-state index in [1.54, 1.807) is 12.3 Å². The molecule has 43 heavy (non-hydrogen) atoms. The van der Waals surface area contributed by atoms with Gasteiger partial charge in [-0.1, -0.05) is 25.3 Å². The second kappa shape index (κ2) is 13.2. The molecule has 2 heterocycles.